The second-order valence-electron chi connectivity index (χ2n) is 3.48. The van der Waals surface area contributed by atoms with E-state index in [1.165, 1.54) is 0 Å². The van der Waals surface area contributed by atoms with Crippen LogP contribution in [0.2, 0.25) is 0 Å². The SMILES string of the molecule is O=C(O)C(c1ccccc1)N1C=CC=NC1. The monoisotopic (exact) mass is 216 g/mol. The Kier molecular flexibility index (Phi) is 3.00. The van der Waals surface area contributed by atoms with Crippen LogP contribution in [0.15, 0.2) is 47.6 Å². The summed E-state index contributed by atoms with van der Waals surface area (Å²) in [5, 5.41) is 9.25. The molecule has 0 fully saturated rings. The fraction of sp³-hybridized carbons (Fsp3) is 0.167. The van der Waals surface area contributed by atoms with Gasteiger partial charge >= 0.3 is 5.97 Å². The first-order valence-corrected chi connectivity index (χ1v) is 4.99. The van der Waals surface area contributed by atoms with Crippen LogP contribution in [0.3, 0.4) is 0 Å². The maximum absolute atomic E-state index is 11.3. The summed E-state index contributed by atoms with van der Waals surface area (Å²) in [6.07, 6.45) is 5.15. The summed E-state index contributed by atoms with van der Waals surface area (Å²) >= 11 is 0. The van der Waals surface area contributed by atoms with Gasteiger partial charge in [-0.1, -0.05) is 30.3 Å². The third-order valence-corrected chi connectivity index (χ3v) is 2.39. The highest BCUT2D eigenvalue weighted by atomic mass is 16.4. The van der Waals surface area contributed by atoms with Crippen molar-refractivity contribution in [1.29, 1.82) is 0 Å². The Balaban J connectivity index is 2.28. The molecule has 1 heterocycles. The minimum Gasteiger partial charge on any atom is -0.479 e. The van der Waals surface area contributed by atoms with Crippen molar-refractivity contribution in [1.82, 2.24) is 4.90 Å². The van der Waals surface area contributed by atoms with Gasteiger partial charge < -0.3 is 10.0 Å². The number of allylic oxidation sites excluding steroid dienone is 1. The van der Waals surface area contributed by atoms with Crippen LogP contribution in [0.4, 0.5) is 0 Å². The normalized spacial score (nSPS) is 16.1. The molecule has 0 amide bonds. The number of carbonyl (C=O) groups is 1. The van der Waals surface area contributed by atoms with Gasteiger partial charge in [-0.05, 0) is 11.6 Å². The third-order valence-electron chi connectivity index (χ3n) is 2.39. The number of carboxylic acids is 1. The van der Waals surface area contributed by atoms with E-state index in [9.17, 15) is 9.90 Å². The van der Waals surface area contributed by atoms with Crippen molar-refractivity contribution in [2.24, 2.45) is 4.99 Å². The molecule has 0 bridgehead atoms. The van der Waals surface area contributed by atoms with Gasteiger partial charge in [0.1, 0.15) is 6.67 Å². The second kappa shape index (κ2) is 4.61. The van der Waals surface area contributed by atoms with E-state index < -0.39 is 12.0 Å². The van der Waals surface area contributed by atoms with Crippen molar-refractivity contribution in [2.45, 2.75) is 6.04 Å². The number of hydrogen-bond acceptors (Lipinski definition) is 3. The van der Waals surface area contributed by atoms with Crippen LogP contribution in [-0.4, -0.2) is 28.9 Å². The number of benzene rings is 1. The van der Waals surface area contributed by atoms with Gasteiger partial charge in [0.25, 0.3) is 0 Å². The van der Waals surface area contributed by atoms with Crippen LogP contribution in [0, 0.1) is 0 Å². The molecule has 82 valence electrons. The van der Waals surface area contributed by atoms with Crippen molar-refractivity contribution in [3.63, 3.8) is 0 Å². The predicted octanol–water partition coefficient (Wildman–Crippen LogP) is 1.67. The van der Waals surface area contributed by atoms with E-state index in [0.717, 1.165) is 5.56 Å². The van der Waals surface area contributed by atoms with Crippen LogP contribution in [0.1, 0.15) is 11.6 Å². The summed E-state index contributed by atoms with van der Waals surface area (Å²) in [7, 11) is 0. The van der Waals surface area contributed by atoms with Gasteiger partial charge in [0, 0.05) is 12.4 Å². The highest BCUT2D eigenvalue weighted by Gasteiger charge is 2.25. The topological polar surface area (TPSA) is 52.9 Å². The summed E-state index contributed by atoms with van der Waals surface area (Å²) in [6, 6.07) is 8.49. The van der Waals surface area contributed by atoms with Gasteiger partial charge in [-0.2, -0.15) is 0 Å². The molecule has 0 radical (unpaired) electrons. The van der Waals surface area contributed by atoms with E-state index in [0.29, 0.717) is 6.67 Å². The van der Waals surface area contributed by atoms with Crippen LogP contribution in [0.25, 0.3) is 0 Å². The molecule has 1 aliphatic rings. The number of nitrogens with zero attached hydrogens (tertiary/aromatic N) is 2. The molecule has 0 saturated heterocycles. The summed E-state index contributed by atoms with van der Waals surface area (Å²) in [5.74, 6) is -0.868. The highest BCUT2D eigenvalue weighted by Crippen LogP contribution is 2.21. The van der Waals surface area contributed by atoms with Crippen LogP contribution in [-0.2, 0) is 4.79 Å². The molecule has 1 aromatic rings. The molecule has 0 aliphatic carbocycles. The van der Waals surface area contributed by atoms with Crippen molar-refractivity contribution < 1.29 is 9.90 Å². The largest absolute Gasteiger partial charge is 0.479 e. The lowest BCUT2D eigenvalue weighted by Gasteiger charge is -2.27. The van der Waals surface area contributed by atoms with E-state index in [2.05, 4.69) is 4.99 Å². The molecule has 0 spiro atoms. The molecular formula is C12H12N2O2. The fourth-order valence-electron chi connectivity index (χ4n) is 1.68. The predicted molar refractivity (Wildman–Crippen MR) is 61.2 cm³/mol. The average Bonchev–Trinajstić information content (AvgIpc) is 2.31. The van der Waals surface area contributed by atoms with Crippen LogP contribution >= 0.6 is 0 Å². The lowest BCUT2D eigenvalue weighted by Crippen LogP contribution is -2.31. The molecular weight excluding hydrogens is 204 g/mol. The number of rotatable bonds is 3. The summed E-state index contributed by atoms with van der Waals surface area (Å²) < 4.78 is 0. The zero-order valence-corrected chi connectivity index (χ0v) is 8.65. The van der Waals surface area contributed by atoms with Gasteiger partial charge in [0.15, 0.2) is 6.04 Å². The number of aliphatic imine (C=N–C) groups is 1. The summed E-state index contributed by atoms with van der Waals surface area (Å²) in [6.45, 7) is 0.377. The number of aliphatic carboxylic acids is 1. The van der Waals surface area contributed by atoms with Gasteiger partial charge in [-0.15, -0.1) is 0 Å². The first kappa shape index (κ1) is 10.4. The van der Waals surface area contributed by atoms with E-state index in [1.54, 1.807) is 23.4 Å². The Hall–Kier alpha value is -2.10. The Morgan fingerprint density at radius 3 is 2.69 bits per heavy atom. The van der Waals surface area contributed by atoms with E-state index >= 15 is 0 Å². The molecule has 1 aromatic carbocycles. The summed E-state index contributed by atoms with van der Waals surface area (Å²) in [4.78, 5) is 17.0. The molecule has 0 aromatic heterocycles. The van der Waals surface area contributed by atoms with Crippen LogP contribution < -0.4 is 0 Å². The minimum absolute atomic E-state index is 0.377. The minimum atomic E-state index is -0.868. The zero-order chi connectivity index (χ0) is 11.4. The molecule has 1 aliphatic heterocycles. The first-order chi connectivity index (χ1) is 7.79. The highest BCUT2D eigenvalue weighted by molar-refractivity contribution is 5.77. The maximum Gasteiger partial charge on any atom is 0.331 e. The van der Waals surface area contributed by atoms with Crippen molar-refractivity contribution >= 4 is 12.2 Å². The van der Waals surface area contributed by atoms with E-state index in [4.69, 9.17) is 0 Å². The van der Waals surface area contributed by atoms with Crippen LogP contribution in [0.5, 0.6) is 0 Å². The maximum atomic E-state index is 11.3. The molecule has 1 unspecified atom stereocenters. The molecule has 16 heavy (non-hydrogen) atoms. The Bertz CT molecular complexity index is 426. The van der Waals surface area contributed by atoms with Crippen molar-refractivity contribution in [3.8, 4) is 0 Å². The fourth-order valence-corrected chi connectivity index (χ4v) is 1.68. The van der Waals surface area contributed by atoms with E-state index in [1.807, 2.05) is 30.3 Å². The van der Waals surface area contributed by atoms with E-state index in [-0.39, 0.29) is 0 Å². The molecule has 1 atom stereocenters. The number of hydrogen-bond donors (Lipinski definition) is 1. The third kappa shape index (κ3) is 2.11. The average molecular weight is 216 g/mol. The Labute approximate surface area is 93.5 Å². The second-order valence-corrected chi connectivity index (χ2v) is 3.48. The molecule has 1 N–H and O–H groups in total. The van der Waals surface area contributed by atoms with Gasteiger partial charge in [0.05, 0.1) is 0 Å². The molecule has 4 nitrogen and oxygen atoms in total. The number of carboxylic acid groups (broad SMARTS) is 1. The molecule has 0 saturated carbocycles. The van der Waals surface area contributed by atoms with Gasteiger partial charge in [-0.25, -0.2) is 4.79 Å². The Morgan fingerprint density at radius 2 is 2.12 bits per heavy atom. The Morgan fingerprint density at radius 1 is 1.38 bits per heavy atom. The smallest absolute Gasteiger partial charge is 0.331 e. The molecule has 4 heteroatoms. The lowest BCUT2D eigenvalue weighted by molar-refractivity contribution is -0.142. The standard InChI is InChI=1S/C12H12N2O2/c15-12(16)11(10-5-2-1-3-6-10)14-8-4-7-13-9-14/h1-8,11H,9H2,(H,15,16). The van der Waals surface area contributed by atoms with Crippen molar-refractivity contribution in [3.05, 3.63) is 48.2 Å². The van der Waals surface area contributed by atoms with Crippen molar-refractivity contribution in [2.75, 3.05) is 6.67 Å². The quantitative estimate of drug-likeness (QED) is 0.836. The van der Waals surface area contributed by atoms with Gasteiger partial charge in [-0.3, -0.25) is 4.99 Å². The lowest BCUT2D eigenvalue weighted by atomic mass is 10.1. The summed E-state index contributed by atoms with van der Waals surface area (Å²) in [5.41, 5.74) is 0.761. The molecule has 2 rings (SSSR count). The first-order valence-electron chi connectivity index (χ1n) is 4.99. The van der Waals surface area contributed by atoms with Gasteiger partial charge in [0.2, 0.25) is 0 Å². The zero-order valence-electron chi connectivity index (χ0n) is 8.65.